The highest BCUT2D eigenvalue weighted by molar-refractivity contribution is 9.10. The second-order valence-corrected chi connectivity index (χ2v) is 9.50. The van der Waals surface area contributed by atoms with E-state index in [0.29, 0.717) is 25.0 Å². The number of nitrogens with zero attached hydrogens (tertiary/aromatic N) is 3. The third kappa shape index (κ3) is 4.23. The maximum Gasteiger partial charge on any atom is 0.410 e. The summed E-state index contributed by atoms with van der Waals surface area (Å²) in [7, 11) is 0. The van der Waals surface area contributed by atoms with Crippen LogP contribution in [0.3, 0.4) is 0 Å². The average molecular weight is 435 g/mol. The zero-order chi connectivity index (χ0) is 19.2. The van der Waals surface area contributed by atoms with Crippen LogP contribution < -0.4 is 5.32 Å². The number of halogens is 1. The minimum atomic E-state index is -0.457. The van der Waals surface area contributed by atoms with Gasteiger partial charge in [0.25, 0.3) is 0 Å². The molecule has 2 aliphatic heterocycles. The summed E-state index contributed by atoms with van der Waals surface area (Å²) in [5, 5.41) is 3.63. The monoisotopic (exact) mass is 434 g/mol. The lowest BCUT2D eigenvalue weighted by molar-refractivity contribution is 0.0137. The number of ether oxygens (including phenoxy) is 1. The normalized spacial score (nSPS) is 27.1. The molecule has 1 aromatic carbocycles. The van der Waals surface area contributed by atoms with E-state index in [2.05, 4.69) is 50.4 Å². The van der Waals surface area contributed by atoms with Crippen LogP contribution in [0.4, 0.5) is 4.79 Å². The van der Waals surface area contributed by atoms with Crippen LogP contribution in [-0.2, 0) is 4.74 Å². The number of piperazine rings is 1. The van der Waals surface area contributed by atoms with Crippen molar-refractivity contribution >= 4 is 28.0 Å². The number of carbonyl (C=O) groups excluding carboxylic acids is 1. The molecular formula is C20H27BrN4O2. The smallest absolute Gasteiger partial charge is 0.410 e. The van der Waals surface area contributed by atoms with Gasteiger partial charge < -0.3 is 19.9 Å². The van der Waals surface area contributed by atoms with E-state index in [1.807, 2.05) is 25.7 Å². The van der Waals surface area contributed by atoms with Gasteiger partial charge in [-0.05, 0) is 44.9 Å². The topological polar surface area (TPSA) is 57.2 Å². The SMILES string of the molecule is CC(C)(C)OC(=O)N1CCN2C(NC3CC3c3ccc(Br)cc3)=NCC2C1. The van der Waals surface area contributed by atoms with Crippen LogP contribution in [0.2, 0.25) is 0 Å². The molecule has 0 bridgehead atoms. The Morgan fingerprint density at radius 1 is 1.26 bits per heavy atom. The van der Waals surface area contributed by atoms with Gasteiger partial charge in [-0.15, -0.1) is 0 Å². The number of aliphatic imine (C=N–C) groups is 1. The molecular weight excluding hydrogens is 408 g/mol. The first-order valence-corrected chi connectivity index (χ1v) is 10.4. The summed E-state index contributed by atoms with van der Waals surface area (Å²) in [4.78, 5) is 21.2. The van der Waals surface area contributed by atoms with Crippen LogP contribution in [0.1, 0.15) is 38.7 Å². The fraction of sp³-hybridized carbons (Fsp3) is 0.600. The van der Waals surface area contributed by atoms with E-state index < -0.39 is 5.60 Å². The largest absolute Gasteiger partial charge is 0.444 e. The van der Waals surface area contributed by atoms with E-state index in [1.54, 1.807) is 0 Å². The number of carbonyl (C=O) groups is 1. The Balaban J connectivity index is 1.30. The zero-order valence-corrected chi connectivity index (χ0v) is 17.7. The molecule has 1 amide bonds. The van der Waals surface area contributed by atoms with Crippen molar-refractivity contribution in [1.82, 2.24) is 15.1 Å². The van der Waals surface area contributed by atoms with E-state index in [0.717, 1.165) is 29.9 Å². The fourth-order valence-corrected chi connectivity index (χ4v) is 4.06. The molecule has 7 heteroatoms. The Labute approximate surface area is 169 Å². The molecule has 3 unspecified atom stereocenters. The highest BCUT2D eigenvalue weighted by Gasteiger charge is 2.42. The molecule has 6 nitrogen and oxygen atoms in total. The van der Waals surface area contributed by atoms with Crippen molar-refractivity contribution in [1.29, 1.82) is 0 Å². The molecule has 1 aliphatic carbocycles. The van der Waals surface area contributed by atoms with Crippen LogP contribution in [0.5, 0.6) is 0 Å². The minimum Gasteiger partial charge on any atom is -0.444 e. The molecule has 1 saturated heterocycles. The summed E-state index contributed by atoms with van der Waals surface area (Å²) in [6, 6.07) is 9.28. The van der Waals surface area contributed by atoms with Crippen LogP contribution >= 0.6 is 15.9 Å². The van der Waals surface area contributed by atoms with Crippen molar-refractivity contribution in [3.05, 3.63) is 34.3 Å². The van der Waals surface area contributed by atoms with Gasteiger partial charge in [-0.2, -0.15) is 0 Å². The third-order valence-electron chi connectivity index (χ3n) is 5.26. The lowest BCUT2D eigenvalue weighted by Crippen LogP contribution is -2.57. The highest BCUT2D eigenvalue weighted by atomic mass is 79.9. The van der Waals surface area contributed by atoms with Gasteiger partial charge in [-0.25, -0.2) is 4.79 Å². The number of fused-ring (bicyclic) bond motifs is 1. The molecule has 1 aromatic rings. The molecule has 1 N–H and O–H groups in total. The summed E-state index contributed by atoms with van der Waals surface area (Å²) in [6.45, 7) is 8.58. The van der Waals surface area contributed by atoms with Crippen LogP contribution in [0, 0.1) is 0 Å². The molecule has 27 heavy (non-hydrogen) atoms. The van der Waals surface area contributed by atoms with Gasteiger partial charge in [0.1, 0.15) is 5.60 Å². The summed E-state index contributed by atoms with van der Waals surface area (Å²) in [5.74, 6) is 1.55. The average Bonchev–Trinajstić information content (AvgIpc) is 3.25. The summed E-state index contributed by atoms with van der Waals surface area (Å²) < 4.78 is 6.62. The van der Waals surface area contributed by atoms with Crippen LogP contribution in [-0.4, -0.2) is 65.7 Å². The molecule has 3 aliphatic rings. The van der Waals surface area contributed by atoms with E-state index in [4.69, 9.17) is 9.73 Å². The predicted octanol–water partition coefficient (Wildman–Crippen LogP) is 3.19. The van der Waals surface area contributed by atoms with E-state index >= 15 is 0 Å². The Kier molecular flexibility index (Phi) is 4.82. The maximum atomic E-state index is 12.3. The van der Waals surface area contributed by atoms with Crippen molar-refractivity contribution in [3.63, 3.8) is 0 Å². The molecule has 0 aromatic heterocycles. The molecule has 2 fully saturated rings. The predicted molar refractivity (Wildman–Crippen MR) is 109 cm³/mol. The fourth-order valence-electron chi connectivity index (χ4n) is 3.79. The van der Waals surface area contributed by atoms with E-state index in [-0.39, 0.29) is 12.1 Å². The quantitative estimate of drug-likeness (QED) is 0.776. The first-order chi connectivity index (χ1) is 12.8. The minimum absolute atomic E-state index is 0.221. The third-order valence-corrected chi connectivity index (χ3v) is 5.79. The maximum absolute atomic E-state index is 12.3. The van der Waals surface area contributed by atoms with E-state index in [9.17, 15) is 4.79 Å². The Hall–Kier alpha value is -1.76. The number of amides is 1. The molecule has 0 spiro atoms. The molecule has 0 radical (unpaired) electrons. The Bertz CT molecular complexity index is 743. The van der Waals surface area contributed by atoms with Crippen molar-refractivity contribution in [3.8, 4) is 0 Å². The van der Waals surface area contributed by atoms with Crippen molar-refractivity contribution in [2.45, 2.75) is 50.8 Å². The van der Waals surface area contributed by atoms with E-state index in [1.165, 1.54) is 5.56 Å². The number of guanidine groups is 1. The number of hydrogen-bond donors (Lipinski definition) is 1. The Morgan fingerprint density at radius 2 is 2.00 bits per heavy atom. The van der Waals surface area contributed by atoms with Gasteiger partial charge in [0.2, 0.25) is 0 Å². The molecule has 3 atom stereocenters. The summed E-state index contributed by atoms with van der Waals surface area (Å²) in [6.07, 6.45) is 0.921. The first kappa shape index (κ1) is 18.6. The standard InChI is InChI=1S/C20H27BrN4O2/c1-20(2,3)27-19(26)24-8-9-25-15(12-24)11-22-18(25)23-17-10-16(17)13-4-6-14(21)7-5-13/h4-7,15-17H,8-12H2,1-3H3,(H,22,23). The number of benzene rings is 1. The van der Waals surface area contributed by atoms with Crippen LogP contribution in [0.25, 0.3) is 0 Å². The van der Waals surface area contributed by atoms with Crippen molar-refractivity contribution in [2.24, 2.45) is 4.99 Å². The van der Waals surface area contributed by atoms with Gasteiger partial charge in [-0.1, -0.05) is 28.1 Å². The summed E-state index contributed by atoms with van der Waals surface area (Å²) in [5.41, 5.74) is 0.918. The number of rotatable bonds is 2. The van der Waals surface area contributed by atoms with Gasteiger partial charge in [-0.3, -0.25) is 4.99 Å². The lowest BCUT2D eigenvalue weighted by atomic mass is 10.1. The van der Waals surface area contributed by atoms with Gasteiger partial charge in [0.05, 0.1) is 12.6 Å². The van der Waals surface area contributed by atoms with Gasteiger partial charge in [0.15, 0.2) is 5.96 Å². The molecule has 146 valence electrons. The van der Waals surface area contributed by atoms with Crippen molar-refractivity contribution in [2.75, 3.05) is 26.2 Å². The Morgan fingerprint density at radius 3 is 2.70 bits per heavy atom. The first-order valence-electron chi connectivity index (χ1n) is 9.61. The number of hydrogen-bond acceptors (Lipinski definition) is 5. The second kappa shape index (κ2) is 7.00. The highest BCUT2D eigenvalue weighted by Crippen LogP contribution is 2.41. The molecule has 4 rings (SSSR count). The number of nitrogens with one attached hydrogen (secondary N) is 1. The lowest BCUT2D eigenvalue weighted by Gasteiger charge is -2.39. The second-order valence-electron chi connectivity index (χ2n) is 8.58. The summed E-state index contributed by atoms with van der Waals surface area (Å²) >= 11 is 3.49. The van der Waals surface area contributed by atoms with Gasteiger partial charge in [0, 0.05) is 36.1 Å². The van der Waals surface area contributed by atoms with Gasteiger partial charge >= 0.3 is 6.09 Å². The zero-order valence-electron chi connectivity index (χ0n) is 16.1. The van der Waals surface area contributed by atoms with Crippen molar-refractivity contribution < 1.29 is 9.53 Å². The van der Waals surface area contributed by atoms with Crippen LogP contribution in [0.15, 0.2) is 33.7 Å². The molecule has 1 saturated carbocycles. The molecule has 2 heterocycles.